The topological polar surface area (TPSA) is 118 Å². The fourth-order valence-electron chi connectivity index (χ4n) is 10.6. The molecule has 6 atom stereocenters. The van der Waals surface area contributed by atoms with Crippen LogP contribution in [0, 0.1) is 24.7 Å². The van der Waals surface area contributed by atoms with Gasteiger partial charge in [-0.2, -0.15) is 0 Å². The van der Waals surface area contributed by atoms with Gasteiger partial charge >= 0.3 is 0 Å². The summed E-state index contributed by atoms with van der Waals surface area (Å²) in [5.74, 6) is 0.261. The van der Waals surface area contributed by atoms with Crippen molar-refractivity contribution >= 4 is 27.4 Å². The average molecular weight is 839 g/mol. The third kappa shape index (κ3) is 8.44. The lowest BCUT2D eigenvalue weighted by Gasteiger charge is -2.46. The van der Waals surface area contributed by atoms with Crippen LogP contribution in [0.4, 0.5) is 5.69 Å². The van der Waals surface area contributed by atoms with E-state index in [2.05, 4.69) is 61.1 Å². The Balaban J connectivity index is 1.01. The number of nitrogens with one attached hydrogen (secondary N) is 1. The highest BCUT2D eigenvalue weighted by Crippen LogP contribution is 2.47. The second-order valence-corrected chi connectivity index (χ2v) is 20.6. The molecule has 1 N–H and O–H groups in total. The van der Waals surface area contributed by atoms with E-state index in [0.29, 0.717) is 48.6 Å². The molecular formula is C47H62N6O6S. The summed E-state index contributed by atoms with van der Waals surface area (Å²) in [5, 5.41) is 0. The Morgan fingerprint density at radius 2 is 1.92 bits per heavy atom. The van der Waals surface area contributed by atoms with Gasteiger partial charge in [-0.05, 0) is 98.6 Å². The number of anilines is 1. The summed E-state index contributed by atoms with van der Waals surface area (Å²) in [5.41, 5.74) is 6.40. The molecule has 322 valence electrons. The minimum absolute atomic E-state index is 0.0239. The lowest BCUT2D eigenvalue weighted by atomic mass is 9.68. The number of benzene rings is 2. The molecule has 2 aromatic carbocycles. The lowest BCUT2D eigenvalue weighted by Crippen LogP contribution is -2.56. The number of fused-ring (bicyclic) bond motifs is 4. The van der Waals surface area contributed by atoms with E-state index in [0.717, 1.165) is 102 Å². The Kier molecular flexibility index (Phi) is 11.7. The third-order valence-electron chi connectivity index (χ3n) is 14.3. The molecule has 2 saturated heterocycles. The van der Waals surface area contributed by atoms with Crippen LogP contribution in [0.2, 0.25) is 0 Å². The number of piperazine rings is 1. The number of amides is 2. The van der Waals surface area contributed by atoms with E-state index >= 15 is 0 Å². The third-order valence-corrected chi connectivity index (χ3v) is 16.2. The summed E-state index contributed by atoms with van der Waals surface area (Å²) in [4.78, 5) is 35.6. The molecule has 1 saturated carbocycles. The highest BCUT2D eigenvalue weighted by atomic mass is 32.2. The highest BCUT2D eigenvalue weighted by Gasteiger charge is 2.44. The van der Waals surface area contributed by atoms with Crippen molar-refractivity contribution in [3.05, 3.63) is 94.3 Å². The molecule has 60 heavy (non-hydrogen) atoms. The Labute approximate surface area is 355 Å². The van der Waals surface area contributed by atoms with Crippen molar-refractivity contribution in [1.29, 1.82) is 0 Å². The molecule has 1 spiro atoms. The fraction of sp³-hybridized carbons (Fsp3) is 0.574. The lowest BCUT2D eigenvalue weighted by molar-refractivity contribution is -0.0775. The number of aryl methyl sites for hydroxylation is 3. The Bertz CT molecular complexity index is 2250. The molecule has 2 bridgehead atoms. The first kappa shape index (κ1) is 41.3. The number of aromatic nitrogens is 1. The maximum atomic E-state index is 14.9. The zero-order valence-electron chi connectivity index (χ0n) is 35.8. The van der Waals surface area contributed by atoms with E-state index < -0.39 is 21.7 Å². The van der Waals surface area contributed by atoms with Crippen LogP contribution in [0.5, 0.6) is 5.75 Å². The Morgan fingerprint density at radius 1 is 1.08 bits per heavy atom. The van der Waals surface area contributed by atoms with Gasteiger partial charge in [-0.3, -0.25) is 24.1 Å². The van der Waals surface area contributed by atoms with E-state index in [9.17, 15) is 13.8 Å². The number of nitrogens with zero attached hydrogens (tertiary/aromatic N) is 5. The van der Waals surface area contributed by atoms with Crippen LogP contribution in [-0.2, 0) is 44.8 Å². The van der Waals surface area contributed by atoms with Crippen LogP contribution in [0.15, 0.2) is 65.2 Å². The van der Waals surface area contributed by atoms with Gasteiger partial charge in [-0.1, -0.05) is 42.8 Å². The van der Waals surface area contributed by atoms with E-state index in [4.69, 9.17) is 14.2 Å². The van der Waals surface area contributed by atoms with Gasteiger partial charge in [0.05, 0.1) is 49.0 Å². The Hall–Kier alpha value is -4.01. The van der Waals surface area contributed by atoms with Crippen molar-refractivity contribution in [3.63, 3.8) is 0 Å². The van der Waals surface area contributed by atoms with Crippen LogP contribution < -0.4 is 14.4 Å². The summed E-state index contributed by atoms with van der Waals surface area (Å²) in [6, 6.07) is 14.7. The van der Waals surface area contributed by atoms with Gasteiger partial charge in [0.1, 0.15) is 15.7 Å². The first-order valence-electron chi connectivity index (χ1n) is 22.1. The number of hydrogen-bond acceptors (Lipinski definition) is 9. The second kappa shape index (κ2) is 17.0. The predicted molar refractivity (Wildman–Crippen MR) is 234 cm³/mol. The van der Waals surface area contributed by atoms with Crippen molar-refractivity contribution in [2.75, 3.05) is 76.9 Å². The summed E-state index contributed by atoms with van der Waals surface area (Å²) in [6.07, 6.45) is 12.0. The molecule has 2 amide bonds. The zero-order valence-corrected chi connectivity index (χ0v) is 36.6. The van der Waals surface area contributed by atoms with Crippen LogP contribution >= 0.6 is 0 Å². The van der Waals surface area contributed by atoms with Crippen molar-refractivity contribution in [3.8, 4) is 5.75 Å². The SMILES string of the molecule is CO[C@H]1/C=C/C[C@H](C)CS(=O)(NC(=O)c2cc(CN3CCN(C4COC4)CC3)n(C)c2)=NC(=O)c2ccc3c(c2)N(C[C@@H]2CC[C@H]21)C[C@@]1(CCCc2cc(C)ccc21)CO3. The smallest absolute Gasteiger partial charge is 0.286 e. The monoisotopic (exact) mass is 838 g/mol. The van der Waals surface area contributed by atoms with Crippen molar-refractivity contribution < 1.29 is 28.0 Å². The highest BCUT2D eigenvalue weighted by molar-refractivity contribution is 7.92. The minimum atomic E-state index is -3.55. The van der Waals surface area contributed by atoms with Gasteiger partial charge in [0.25, 0.3) is 11.8 Å². The van der Waals surface area contributed by atoms with Crippen LogP contribution in [0.25, 0.3) is 0 Å². The van der Waals surface area contributed by atoms with Gasteiger partial charge in [-0.15, -0.1) is 4.36 Å². The van der Waals surface area contributed by atoms with Crippen LogP contribution in [0.3, 0.4) is 0 Å². The fourth-order valence-corrected chi connectivity index (χ4v) is 12.5. The molecule has 2 aliphatic carbocycles. The number of rotatable bonds is 6. The molecule has 9 rings (SSSR count). The number of carbonyl (C=O) groups excluding carboxylic acids is 2. The number of allylic oxidation sites excluding steroid dienone is 1. The van der Waals surface area contributed by atoms with E-state index in [1.54, 1.807) is 19.4 Å². The van der Waals surface area contributed by atoms with Crippen LogP contribution in [-0.4, -0.2) is 114 Å². The summed E-state index contributed by atoms with van der Waals surface area (Å²) >= 11 is 0. The molecule has 1 unspecified atom stereocenters. The van der Waals surface area contributed by atoms with Crippen molar-refractivity contribution in [2.45, 2.75) is 76.5 Å². The average Bonchev–Trinajstić information content (AvgIpc) is 3.48. The van der Waals surface area contributed by atoms with Gasteiger partial charge in [0.15, 0.2) is 0 Å². The number of methoxy groups -OCH3 is 1. The van der Waals surface area contributed by atoms with E-state index in [1.807, 2.05) is 36.7 Å². The van der Waals surface area contributed by atoms with Crippen molar-refractivity contribution in [2.24, 2.45) is 29.2 Å². The zero-order chi connectivity index (χ0) is 41.6. The maximum absolute atomic E-state index is 14.9. The summed E-state index contributed by atoms with van der Waals surface area (Å²) < 4.78 is 42.4. The quantitative estimate of drug-likeness (QED) is 0.303. The molecule has 4 aliphatic heterocycles. The van der Waals surface area contributed by atoms with Crippen molar-refractivity contribution in [1.82, 2.24) is 19.1 Å². The predicted octanol–water partition coefficient (Wildman–Crippen LogP) is 5.91. The Morgan fingerprint density at radius 3 is 2.67 bits per heavy atom. The van der Waals surface area contributed by atoms with Gasteiger partial charge in [0.2, 0.25) is 0 Å². The molecule has 3 fully saturated rings. The molecule has 6 aliphatic rings. The van der Waals surface area contributed by atoms with E-state index in [1.165, 1.54) is 16.7 Å². The molecule has 13 heteroatoms. The second-order valence-electron chi connectivity index (χ2n) is 18.6. The number of ether oxygens (including phenoxy) is 3. The van der Waals surface area contributed by atoms with Gasteiger partial charge in [0, 0.05) is 82.8 Å². The largest absolute Gasteiger partial charge is 0.490 e. The number of hydrogen-bond donors (Lipinski definition) is 1. The molecular weight excluding hydrogens is 777 g/mol. The molecule has 5 heterocycles. The minimum Gasteiger partial charge on any atom is -0.490 e. The first-order chi connectivity index (χ1) is 29.0. The van der Waals surface area contributed by atoms with Gasteiger partial charge in [-0.25, -0.2) is 4.21 Å². The molecule has 0 radical (unpaired) electrons. The first-order valence-corrected chi connectivity index (χ1v) is 23.8. The molecule has 3 aromatic rings. The number of carbonyl (C=O) groups is 2. The van der Waals surface area contributed by atoms with Gasteiger partial charge < -0.3 is 23.7 Å². The molecule has 12 nitrogen and oxygen atoms in total. The molecule has 1 aromatic heterocycles. The summed E-state index contributed by atoms with van der Waals surface area (Å²) in [6.45, 7) is 12.5. The standard InChI is InChI=1S/C47H62N6O6S/c1-32-10-14-41-34(21-32)8-6-16-47(41)30-53-25-36-11-13-40(36)43(57-4)9-5-7-33(2)29-60(56,48-45(54)35-12-15-44(59-31-47)42(53)23-35)49-46(55)37-22-38(50(3)24-37)26-51-17-19-52(20-18-51)39-27-58-28-39/h5,9-10,12,14-15,21-24,33,36,39-40,43H,6-8,11,13,16-20,25-31H2,1-4H3,(H,48,49,54,55,56)/b9-5+/t33-,36-,40+,43-,47-,60?/m0/s1. The normalized spacial score (nSPS) is 30.8. The van der Waals surface area contributed by atoms with Crippen LogP contribution in [0.1, 0.15) is 82.1 Å². The summed E-state index contributed by atoms with van der Waals surface area (Å²) in [7, 11) is 0.170. The van der Waals surface area contributed by atoms with E-state index in [-0.39, 0.29) is 23.2 Å². The maximum Gasteiger partial charge on any atom is 0.286 e.